The van der Waals surface area contributed by atoms with Crippen LogP contribution in [0.2, 0.25) is 0 Å². The van der Waals surface area contributed by atoms with Crippen LogP contribution in [0.5, 0.6) is 5.75 Å². The average molecular weight is 316 g/mol. The molecule has 0 unspecified atom stereocenters. The summed E-state index contributed by atoms with van der Waals surface area (Å²) in [5, 5.41) is 18.4. The first-order valence-electron chi connectivity index (χ1n) is 8.65. The first-order valence-corrected chi connectivity index (χ1v) is 8.65. The number of rotatable bonds is 8. The molecular formula is C19H28N2O2. The van der Waals surface area contributed by atoms with E-state index in [-0.39, 0.29) is 6.10 Å². The highest BCUT2D eigenvalue weighted by Gasteiger charge is 2.24. The molecule has 0 heterocycles. The maximum Gasteiger partial charge on any atom is 0.119 e. The molecule has 126 valence electrons. The number of nitriles is 1. The zero-order valence-corrected chi connectivity index (χ0v) is 14.1. The summed E-state index contributed by atoms with van der Waals surface area (Å²) in [4.78, 5) is 2.53. The number of hydrogen-bond donors (Lipinski definition) is 1. The van der Waals surface area contributed by atoms with E-state index in [1.807, 2.05) is 12.1 Å². The van der Waals surface area contributed by atoms with Gasteiger partial charge in [0.15, 0.2) is 0 Å². The minimum Gasteiger partial charge on any atom is -0.497 e. The van der Waals surface area contributed by atoms with Crippen LogP contribution in [0, 0.1) is 11.3 Å². The number of aliphatic hydroxyl groups is 1. The summed E-state index contributed by atoms with van der Waals surface area (Å²) >= 11 is 0. The lowest BCUT2D eigenvalue weighted by molar-refractivity contribution is 0.0694. The first-order chi connectivity index (χ1) is 11.2. The van der Waals surface area contributed by atoms with Gasteiger partial charge in [-0.1, -0.05) is 12.1 Å². The highest BCUT2D eigenvalue weighted by atomic mass is 16.5. The second kappa shape index (κ2) is 9.54. The molecular weight excluding hydrogens is 288 g/mol. The largest absolute Gasteiger partial charge is 0.497 e. The Balaban J connectivity index is 1.98. The van der Waals surface area contributed by atoms with Gasteiger partial charge < -0.3 is 9.84 Å². The van der Waals surface area contributed by atoms with Gasteiger partial charge in [0.25, 0.3) is 0 Å². The molecule has 1 saturated carbocycles. The zero-order chi connectivity index (χ0) is 16.5. The second-order valence-corrected chi connectivity index (χ2v) is 6.40. The van der Waals surface area contributed by atoms with Crippen LogP contribution in [0.3, 0.4) is 0 Å². The normalized spacial score (nSPS) is 21.1. The number of unbranched alkanes of at least 4 members (excludes halogenated alkanes) is 2. The molecule has 1 aliphatic carbocycles. The molecule has 0 aliphatic heterocycles. The van der Waals surface area contributed by atoms with Gasteiger partial charge in [-0.3, -0.25) is 4.90 Å². The molecule has 0 saturated heterocycles. The maximum absolute atomic E-state index is 9.74. The van der Waals surface area contributed by atoms with Gasteiger partial charge in [0, 0.05) is 19.0 Å². The Morgan fingerprint density at radius 3 is 2.74 bits per heavy atom. The number of benzene rings is 1. The van der Waals surface area contributed by atoms with E-state index in [9.17, 15) is 5.11 Å². The quantitative estimate of drug-likeness (QED) is 0.746. The van der Waals surface area contributed by atoms with Gasteiger partial charge in [0.2, 0.25) is 0 Å². The SMILES string of the molecule is COc1cccc(CN(CCCCC#N)C2CCC(O)CC2)c1. The summed E-state index contributed by atoms with van der Waals surface area (Å²) in [5.74, 6) is 0.894. The summed E-state index contributed by atoms with van der Waals surface area (Å²) in [7, 11) is 1.70. The molecule has 0 aromatic heterocycles. The predicted molar refractivity (Wildman–Crippen MR) is 91.1 cm³/mol. The van der Waals surface area contributed by atoms with E-state index in [0.29, 0.717) is 12.5 Å². The Morgan fingerprint density at radius 1 is 1.26 bits per heavy atom. The molecule has 1 aromatic carbocycles. The third-order valence-electron chi connectivity index (χ3n) is 4.69. The summed E-state index contributed by atoms with van der Waals surface area (Å²) in [6.45, 7) is 1.92. The van der Waals surface area contributed by atoms with Crippen molar-refractivity contribution < 1.29 is 9.84 Å². The summed E-state index contributed by atoms with van der Waals surface area (Å²) in [5.41, 5.74) is 1.26. The Labute approximate surface area is 139 Å². The smallest absolute Gasteiger partial charge is 0.119 e. The molecule has 1 fully saturated rings. The van der Waals surface area contributed by atoms with Gasteiger partial charge in [0.05, 0.1) is 19.3 Å². The van der Waals surface area contributed by atoms with Crippen molar-refractivity contribution in [1.29, 1.82) is 5.26 Å². The van der Waals surface area contributed by atoms with E-state index in [0.717, 1.165) is 57.4 Å². The molecule has 1 N–H and O–H groups in total. The Morgan fingerprint density at radius 2 is 2.04 bits per heavy atom. The van der Waals surface area contributed by atoms with Crippen molar-refractivity contribution >= 4 is 0 Å². The highest BCUT2D eigenvalue weighted by molar-refractivity contribution is 5.28. The van der Waals surface area contributed by atoms with E-state index in [1.54, 1.807) is 7.11 Å². The number of nitrogens with zero attached hydrogens (tertiary/aromatic N) is 2. The van der Waals surface area contributed by atoms with Crippen LogP contribution in [-0.2, 0) is 6.54 Å². The fraction of sp³-hybridized carbons (Fsp3) is 0.632. The van der Waals surface area contributed by atoms with Crippen molar-refractivity contribution in [3.63, 3.8) is 0 Å². The fourth-order valence-electron chi connectivity index (χ4n) is 3.34. The minimum atomic E-state index is -0.122. The van der Waals surface area contributed by atoms with Gasteiger partial charge in [-0.25, -0.2) is 0 Å². The molecule has 0 radical (unpaired) electrons. The number of ether oxygens (including phenoxy) is 1. The molecule has 4 nitrogen and oxygen atoms in total. The third-order valence-corrected chi connectivity index (χ3v) is 4.69. The fourth-order valence-corrected chi connectivity index (χ4v) is 3.34. The van der Waals surface area contributed by atoms with Gasteiger partial charge in [-0.15, -0.1) is 0 Å². The zero-order valence-electron chi connectivity index (χ0n) is 14.1. The van der Waals surface area contributed by atoms with E-state index >= 15 is 0 Å². The Kier molecular flexibility index (Phi) is 7.38. The molecule has 0 spiro atoms. The molecule has 1 aliphatic rings. The maximum atomic E-state index is 9.74. The van der Waals surface area contributed by atoms with E-state index < -0.39 is 0 Å². The van der Waals surface area contributed by atoms with E-state index in [4.69, 9.17) is 10.00 Å². The van der Waals surface area contributed by atoms with Crippen molar-refractivity contribution in [2.75, 3.05) is 13.7 Å². The van der Waals surface area contributed by atoms with Crippen LogP contribution in [0.25, 0.3) is 0 Å². The number of aliphatic hydroxyl groups excluding tert-OH is 1. The summed E-state index contributed by atoms with van der Waals surface area (Å²) in [6, 6.07) is 11.0. The second-order valence-electron chi connectivity index (χ2n) is 6.40. The number of hydrogen-bond acceptors (Lipinski definition) is 4. The van der Waals surface area contributed by atoms with Gasteiger partial charge >= 0.3 is 0 Å². The van der Waals surface area contributed by atoms with Crippen molar-refractivity contribution in [3.05, 3.63) is 29.8 Å². The molecule has 0 amide bonds. The number of methoxy groups -OCH3 is 1. The van der Waals surface area contributed by atoms with Crippen molar-refractivity contribution in [1.82, 2.24) is 4.90 Å². The molecule has 4 heteroatoms. The molecule has 23 heavy (non-hydrogen) atoms. The van der Waals surface area contributed by atoms with Gasteiger partial charge in [0.1, 0.15) is 5.75 Å². The van der Waals surface area contributed by atoms with Crippen LogP contribution in [0.4, 0.5) is 0 Å². The molecule has 2 rings (SSSR count). The third kappa shape index (κ3) is 5.85. The summed E-state index contributed by atoms with van der Waals surface area (Å²) < 4.78 is 5.32. The highest BCUT2D eigenvalue weighted by Crippen LogP contribution is 2.25. The van der Waals surface area contributed by atoms with Crippen molar-refractivity contribution in [2.45, 2.75) is 63.6 Å². The van der Waals surface area contributed by atoms with Crippen LogP contribution in [-0.4, -0.2) is 35.8 Å². The van der Waals surface area contributed by atoms with Crippen molar-refractivity contribution in [2.24, 2.45) is 0 Å². The van der Waals surface area contributed by atoms with Crippen LogP contribution >= 0.6 is 0 Å². The van der Waals surface area contributed by atoms with E-state index in [1.165, 1.54) is 5.56 Å². The topological polar surface area (TPSA) is 56.5 Å². The van der Waals surface area contributed by atoms with Gasteiger partial charge in [-0.2, -0.15) is 5.26 Å². The van der Waals surface area contributed by atoms with E-state index in [2.05, 4.69) is 23.1 Å². The Hall–Kier alpha value is -1.57. The molecule has 1 aromatic rings. The predicted octanol–water partition coefficient (Wildman–Crippen LogP) is 3.49. The standard InChI is InChI=1S/C19H28N2O2/c1-23-19-7-5-6-16(14-19)15-21(13-4-2-3-12-20)17-8-10-18(22)11-9-17/h5-7,14,17-18,22H,2-4,8-11,13,15H2,1H3. The lowest BCUT2D eigenvalue weighted by Crippen LogP contribution is -2.39. The molecule has 0 atom stereocenters. The summed E-state index contributed by atoms with van der Waals surface area (Å²) in [6.07, 6.45) is 6.44. The molecule has 0 bridgehead atoms. The first kappa shape index (κ1) is 17.8. The minimum absolute atomic E-state index is 0.122. The Bertz CT molecular complexity index is 504. The van der Waals surface area contributed by atoms with Gasteiger partial charge in [-0.05, 0) is 62.8 Å². The van der Waals surface area contributed by atoms with Crippen LogP contribution in [0.15, 0.2) is 24.3 Å². The lowest BCUT2D eigenvalue weighted by Gasteiger charge is -2.36. The lowest BCUT2D eigenvalue weighted by atomic mass is 9.91. The van der Waals surface area contributed by atoms with Crippen LogP contribution < -0.4 is 4.74 Å². The average Bonchev–Trinajstić information content (AvgIpc) is 2.58. The van der Waals surface area contributed by atoms with Crippen molar-refractivity contribution in [3.8, 4) is 11.8 Å². The van der Waals surface area contributed by atoms with Crippen LogP contribution in [0.1, 0.15) is 50.5 Å². The monoisotopic (exact) mass is 316 g/mol.